The zero-order valence-electron chi connectivity index (χ0n) is 21.0. The van der Waals surface area contributed by atoms with Crippen LogP contribution >= 0.6 is 0 Å². The summed E-state index contributed by atoms with van der Waals surface area (Å²) in [5, 5.41) is 0. The van der Waals surface area contributed by atoms with Gasteiger partial charge in [-0.2, -0.15) is 26.3 Å². The number of amides is 2. The van der Waals surface area contributed by atoms with E-state index in [1.165, 1.54) is 4.90 Å². The number of carbonyl (C=O) groups is 2. The summed E-state index contributed by atoms with van der Waals surface area (Å²) in [5.41, 5.74) is 8.48. The standard InChI is InChI=1S/C25H24F6N6O3/c1-23-10-37(22(39)13-4-15(25(29,30)31)20(32-6-13)40-11-24(26,27)28)9-17(23)14-7-36(8-16(14)23)21(38)12-2-3-18-19(5-12)34-35-33-18/h2-6,14,16-17,33-35H,7-11H2,1H3/t14-,16+,17+,23-/m1/s1. The van der Waals surface area contributed by atoms with Gasteiger partial charge in [0, 0.05) is 37.9 Å². The lowest BCUT2D eigenvalue weighted by Gasteiger charge is -2.52. The Labute approximate surface area is 223 Å². The van der Waals surface area contributed by atoms with Gasteiger partial charge < -0.3 is 25.4 Å². The zero-order valence-corrected chi connectivity index (χ0v) is 21.0. The molecule has 2 saturated heterocycles. The second-order valence-corrected chi connectivity index (χ2v) is 10.9. The molecule has 0 unspecified atom stereocenters. The lowest BCUT2D eigenvalue weighted by molar-refractivity contribution is -0.159. The molecule has 3 aliphatic heterocycles. The molecule has 1 aromatic heterocycles. The number of rotatable bonds is 4. The van der Waals surface area contributed by atoms with Gasteiger partial charge in [0.25, 0.3) is 11.8 Å². The number of anilines is 2. The Kier molecular flexibility index (Phi) is 5.87. The van der Waals surface area contributed by atoms with Crippen molar-refractivity contribution in [3.63, 3.8) is 0 Å². The molecule has 1 aliphatic carbocycles. The van der Waals surface area contributed by atoms with Crippen LogP contribution in [0.2, 0.25) is 0 Å². The molecule has 0 bridgehead atoms. The Morgan fingerprint density at radius 2 is 1.65 bits per heavy atom. The van der Waals surface area contributed by atoms with Crippen molar-refractivity contribution in [2.24, 2.45) is 23.2 Å². The van der Waals surface area contributed by atoms with Crippen molar-refractivity contribution < 1.29 is 40.7 Å². The third-order valence-electron chi connectivity index (χ3n) is 8.54. The molecule has 9 nitrogen and oxygen atoms in total. The molecule has 2 amide bonds. The summed E-state index contributed by atoms with van der Waals surface area (Å²) in [4.78, 5) is 33.1. The van der Waals surface area contributed by atoms with Crippen LogP contribution in [0.5, 0.6) is 5.88 Å². The number of hydrogen-bond acceptors (Lipinski definition) is 7. The normalized spacial score (nSPS) is 26.8. The maximum Gasteiger partial charge on any atom is 0.422 e. The number of hydrogen-bond donors (Lipinski definition) is 3. The lowest BCUT2D eigenvalue weighted by Crippen LogP contribution is -2.53. The van der Waals surface area contributed by atoms with Crippen LogP contribution in [0, 0.1) is 23.2 Å². The highest BCUT2D eigenvalue weighted by atomic mass is 19.4. The summed E-state index contributed by atoms with van der Waals surface area (Å²) in [6.45, 7) is 1.68. The van der Waals surface area contributed by atoms with E-state index < -0.39 is 36.3 Å². The van der Waals surface area contributed by atoms with E-state index in [-0.39, 0.29) is 41.2 Å². The number of nitrogens with zero attached hydrogens (tertiary/aromatic N) is 3. The van der Waals surface area contributed by atoms with Gasteiger partial charge >= 0.3 is 12.4 Å². The van der Waals surface area contributed by atoms with Gasteiger partial charge in [0.2, 0.25) is 5.88 Å². The zero-order chi connectivity index (χ0) is 28.6. The largest absolute Gasteiger partial charge is 0.468 e. The first-order chi connectivity index (χ1) is 18.7. The fourth-order valence-corrected chi connectivity index (χ4v) is 6.65. The van der Waals surface area contributed by atoms with Crippen molar-refractivity contribution in [3.8, 4) is 5.88 Å². The number of halogens is 6. The second-order valence-electron chi connectivity index (χ2n) is 10.9. The minimum absolute atomic E-state index is 0.0544. The number of carbonyl (C=O) groups excluding carboxylic acids is 2. The first-order valence-electron chi connectivity index (χ1n) is 12.5. The number of aromatic nitrogens is 1. The Morgan fingerprint density at radius 1 is 0.975 bits per heavy atom. The van der Waals surface area contributed by atoms with Crippen molar-refractivity contribution in [1.29, 1.82) is 0 Å². The van der Waals surface area contributed by atoms with Gasteiger partial charge in [0.1, 0.15) is 5.56 Å². The van der Waals surface area contributed by atoms with Gasteiger partial charge in [-0.3, -0.25) is 9.59 Å². The average Bonchev–Trinajstić information content (AvgIpc) is 3.60. The number of benzene rings is 1. The number of fused-ring (bicyclic) bond motifs is 5. The van der Waals surface area contributed by atoms with Gasteiger partial charge in [0.15, 0.2) is 6.61 Å². The maximum atomic E-state index is 13.6. The fourth-order valence-electron chi connectivity index (χ4n) is 6.65. The van der Waals surface area contributed by atoms with E-state index in [9.17, 15) is 35.9 Å². The molecule has 4 heterocycles. The summed E-state index contributed by atoms with van der Waals surface area (Å²) in [7, 11) is 0. The van der Waals surface area contributed by atoms with Crippen molar-refractivity contribution in [1.82, 2.24) is 20.3 Å². The monoisotopic (exact) mass is 570 g/mol. The molecular weight excluding hydrogens is 546 g/mol. The summed E-state index contributed by atoms with van der Waals surface area (Å²) in [6.07, 6.45) is -9.12. The highest BCUT2D eigenvalue weighted by Crippen LogP contribution is 2.62. The molecule has 1 saturated carbocycles. The molecule has 0 radical (unpaired) electrons. The number of ether oxygens (including phenoxy) is 1. The van der Waals surface area contributed by atoms with E-state index in [0.717, 1.165) is 17.6 Å². The fraction of sp³-hybridized carbons (Fsp3) is 0.480. The quantitative estimate of drug-likeness (QED) is 0.482. The predicted octanol–water partition coefficient (Wildman–Crippen LogP) is 3.78. The van der Waals surface area contributed by atoms with Crippen molar-refractivity contribution in [2.45, 2.75) is 19.3 Å². The molecule has 3 fully saturated rings. The van der Waals surface area contributed by atoms with Crippen LogP contribution in [0.25, 0.3) is 0 Å². The van der Waals surface area contributed by atoms with Crippen LogP contribution in [-0.4, -0.2) is 65.6 Å². The summed E-state index contributed by atoms with van der Waals surface area (Å²) in [5.74, 6) is -1.70. The molecule has 2 aromatic rings. The molecule has 4 atom stereocenters. The second kappa shape index (κ2) is 8.88. The number of likely N-dealkylation sites (tertiary alicyclic amines) is 2. The minimum Gasteiger partial charge on any atom is -0.468 e. The maximum absolute atomic E-state index is 13.6. The van der Waals surface area contributed by atoms with E-state index in [4.69, 9.17) is 0 Å². The van der Waals surface area contributed by atoms with E-state index >= 15 is 0 Å². The number of alkyl halides is 6. The van der Waals surface area contributed by atoms with Gasteiger partial charge in [0.05, 0.1) is 16.9 Å². The first kappa shape index (κ1) is 26.5. The van der Waals surface area contributed by atoms with Crippen LogP contribution in [0.1, 0.15) is 33.2 Å². The molecule has 6 rings (SSSR count). The highest BCUT2D eigenvalue weighted by molar-refractivity contribution is 5.97. The van der Waals surface area contributed by atoms with E-state index in [1.807, 2.05) is 11.8 Å². The number of pyridine rings is 1. The predicted molar refractivity (Wildman–Crippen MR) is 128 cm³/mol. The Bertz CT molecular complexity index is 1380. The van der Waals surface area contributed by atoms with Gasteiger partial charge in [-0.05, 0) is 47.4 Å². The molecule has 0 spiro atoms. The molecule has 3 N–H and O–H groups in total. The molecule has 40 heavy (non-hydrogen) atoms. The van der Waals surface area contributed by atoms with Gasteiger partial charge in [-0.1, -0.05) is 6.92 Å². The van der Waals surface area contributed by atoms with Crippen molar-refractivity contribution in [2.75, 3.05) is 43.6 Å². The Balaban J connectivity index is 1.14. The van der Waals surface area contributed by atoms with Crippen LogP contribution in [0.4, 0.5) is 37.7 Å². The van der Waals surface area contributed by atoms with Crippen molar-refractivity contribution in [3.05, 3.63) is 47.2 Å². The van der Waals surface area contributed by atoms with Crippen LogP contribution in [-0.2, 0) is 6.18 Å². The lowest BCUT2D eigenvalue weighted by atomic mass is 9.50. The SMILES string of the molecule is C[C@]12CN(C(=O)c3cnc(OCC(F)(F)F)c(C(F)(F)F)c3)C[C@H]1[C@@H]1CN(C(=O)c3ccc4c(c3)NNN4)C[C@@H]12. The van der Waals surface area contributed by atoms with Crippen LogP contribution in [0.15, 0.2) is 30.5 Å². The van der Waals surface area contributed by atoms with E-state index in [2.05, 4.69) is 26.1 Å². The van der Waals surface area contributed by atoms with Crippen molar-refractivity contribution >= 4 is 23.2 Å². The van der Waals surface area contributed by atoms with Crippen LogP contribution in [0.3, 0.4) is 0 Å². The topological polar surface area (TPSA) is 98.8 Å². The smallest absolute Gasteiger partial charge is 0.422 e. The molecular formula is C25H24F6N6O3. The highest BCUT2D eigenvalue weighted by Gasteiger charge is 2.66. The average molecular weight is 570 g/mol. The third-order valence-corrected chi connectivity index (χ3v) is 8.54. The summed E-state index contributed by atoms with van der Waals surface area (Å²) >= 11 is 0. The molecule has 4 aliphatic rings. The van der Waals surface area contributed by atoms with E-state index in [1.54, 1.807) is 18.2 Å². The molecule has 15 heteroatoms. The molecule has 1 aromatic carbocycles. The number of hydrazine groups is 2. The van der Waals surface area contributed by atoms with Gasteiger partial charge in [-0.25, -0.2) is 4.98 Å². The van der Waals surface area contributed by atoms with Gasteiger partial charge in [-0.15, -0.1) is 5.53 Å². The third kappa shape index (κ3) is 4.35. The summed E-state index contributed by atoms with van der Waals surface area (Å²) < 4.78 is 82.4. The Morgan fingerprint density at radius 3 is 2.35 bits per heavy atom. The number of nitrogens with one attached hydrogen (secondary N) is 3. The van der Waals surface area contributed by atoms with E-state index in [0.29, 0.717) is 31.3 Å². The minimum atomic E-state index is -5.07. The molecule has 214 valence electrons. The van der Waals surface area contributed by atoms with Crippen LogP contribution < -0.4 is 21.1 Å². The first-order valence-corrected chi connectivity index (χ1v) is 12.5. The Hall–Kier alpha value is -3.75. The summed E-state index contributed by atoms with van der Waals surface area (Å²) in [6, 6.07) is 5.79.